The van der Waals surface area contributed by atoms with Crippen LogP contribution in [-0.2, 0) is 6.18 Å². The van der Waals surface area contributed by atoms with Gasteiger partial charge in [0.05, 0.1) is 16.9 Å². The van der Waals surface area contributed by atoms with Crippen LogP contribution in [-0.4, -0.2) is 9.55 Å². The molecule has 6 heteroatoms. The molecule has 3 aromatic carbocycles. The van der Waals surface area contributed by atoms with Crippen LogP contribution in [0, 0.1) is 6.92 Å². The molecule has 0 N–H and O–H groups in total. The maximum Gasteiger partial charge on any atom is 0.418 e. The summed E-state index contributed by atoms with van der Waals surface area (Å²) in [5.74, 6) is 0. The van der Waals surface area contributed by atoms with E-state index in [0.717, 1.165) is 16.7 Å². The number of aryl methyl sites for hydroxylation is 1. The number of alkyl halides is 3. The fourth-order valence-corrected chi connectivity index (χ4v) is 5.62. The zero-order chi connectivity index (χ0) is 20.4. The SMILES string of the molecule is Cc1cn(-c2ccccc2C(F)(F)F)c(P(c2ccccc2)c2ccccc2)n1. The molecule has 0 fully saturated rings. The van der Waals surface area contributed by atoms with Crippen molar-refractivity contribution >= 4 is 24.1 Å². The number of halogens is 3. The normalized spacial score (nSPS) is 11.8. The van der Waals surface area contributed by atoms with Gasteiger partial charge in [0.25, 0.3) is 0 Å². The van der Waals surface area contributed by atoms with Crippen LogP contribution in [0.3, 0.4) is 0 Å². The number of imidazole rings is 1. The molecule has 0 aliphatic rings. The molecule has 0 saturated heterocycles. The molecule has 4 aromatic rings. The molecule has 146 valence electrons. The van der Waals surface area contributed by atoms with Crippen LogP contribution in [0.15, 0.2) is 91.1 Å². The van der Waals surface area contributed by atoms with Crippen molar-refractivity contribution in [1.29, 1.82) is 0 Å². The Balaban J connectivity index is 1.96. The zero-order valence-corrected chi connectivity index (χ0v) is 16.5. The topological polar surface area (TPSA) is 17.8 Å². The maximum atomic E-state index is 13.7. The summed E-state index contributed by atoms with van der Waals surface area (Å²) in [4.78, 5) is 4.69. The van der Waals surface area contributed by atoms with Crippen LogP contribution in [0.4, 0.5) is 13.2 Å². The van der Waals surface area contributed by atoms with E-state index in [-0.39, 0.29) is 5.69 Å². The quantitative estimate of drug-likeness (QED) is 0.435. The second-order valence-corrected chi connectivity index (χ2v) is 8.68. The van der Waals surface area contributed by atoms with Gasteiger partial charge in [-0.3, -0.25) is 4.57 Å². The van der Waals surface area contributed by atoms with Gasteiger partial charge in [-0.05, 0) is 29.7 Å². The summed E-state index contributed by atoms with van der Waals surface area (Å²) in [6, 6.07) is 25.3. The van der Waals surface area contributed by atoms with Gasteiger partial charge in [-0.2, -0.15) is 13.2 Å². The van der Waals surface area contributed by atoms with E-state index in [9.17, 15) is 13.2 Å². The van der Waals surface area contributed by atoms with Crippen molar-refractivity contribution in [3.63, 3.8) is 0 Å². The van der Waals surface area contributed by atoms with Crippen molar-refractivity contribution in [2.24, 2.45) is 0 Å². The number of hydrogen-bond acceptors (Lipinski definition) is 1. The molecule has 0 bridgehead atoms. The molecule has 1 heterocycles. The van der Waals surface area contributed by atoms with Gasteiger partial charge >= 0.3 is 6.18 Å². The van der Waals surface area contributed by atoms with Crippen molar-refractivity contribution in [2.45, 2.75) is 13.1 Å². The lowest BCUT2D eigenvalue weighted by Crippen LogP contribution is -2.28. The Kier molecular flexibility index (Phi) is 5.25. The highest BCUT2D eigenvalue weighted by atomic mass is 31.1. The second kappa shape index (κ2) is 7.84. The highest BCUT2D eigenvalue weighted by Crippen LogP contribution is 2.37. The molecule has 0 atom stereocenters. The zero-order valence-electron chi connectivity index (χ0n) is 15.6. The first-order valence-corrected chi connectivity index (χ1v) is 10.4. The number of para-hydroxylation sites is 1. The highest BCUT2D eigenvalue weighted by Gasteiger charge is 2.35. The summed E-state index contributed by atoms with van der Waals surface area (Å²) in [6.07, 6.45) is -2.77. The Hall–Kier alpha value is -2.91. The summed E-state index contributed by atoms with van der Waals surface area (Å²) in [5.41, 5.74) is 0.715. The molecular weight excluding hydrogens is 392 g/mol. The summed E-state index contributed by atoms with van der Waals surface area (Å²) in [7, 11) is -1.13. The number of aromatic nitrogens is 2. The van der Waals surface area contributed by atoms with Crippen molar-refractivity contribution in [3.8, 4) is 5.69 Å². The first-order chi connectivity index (χ1) is 13.9. The molecule has 1 aromatic heterocycles. The number of rotatable bonds is 4. The lowest BCUT2D eigenvalue weighted by molar-refractivity contribution is -0.137. The van der Waals surface area contributed by atoms with E-state index in [1.807, 2.05) is 60.7 Å². The molecule has 0 aliphatic carbocycles. The Bertz CT molecular complexity index is 1070. The Morgan fingerprint density at radius 2 is 1.28 bits per heavy atom. The van der Waals surface area contributed by atoms with Crippen LogP contribution in [0.25, 0.3) is 5.69 Å². The Labute approximate surface area is 168 Å². The molecular formula is C23H18F3N2P. The van der Waals surface area contributed by atoms with Crippen molar-refractivity contribution in [3.05, 3.63) is 102 Å². The molecule has 0 unspecified atom stereocenters. The minimum Gasteiger partial charge on any atom is -0.299 e. The molecule has 0 amide bonds. The fraction of sp³-hybridized carbons (Fsp3) is 0.0870. The third-order valence-corrected chi connectivity index (χ3v) is 6.85. The van der Waals surface area contributed by atoms with Gasteiger partial charge in [-0.15, -0.1) is 0 Å². The van der Waals surface area contributed by atoms with Crippen LogP contribution < -0.4 is 16.2 Å². The third kappa shape index (κ3) is 3.96. The smallest absolute Gasteiger partial charge is 0.299 e. The number of nitrogens with zero attached hydrogens (tertiary/aromatic N) is 2. The van der Waals surface area contributed by atoms with E-state index in [4.69, 9.17) is 0 Å². The minimum atomic E-state index is -4.45. The fourth-order valence-electron chi connectivity index (χ4n) is 3.28. The Morgan fingerprint density at radius 3 is 1.83 bits per heavy atom. The summed E-state index contributed by atoms with van der Waals surface area (Å²) in [5, 5.41) is 2.06. The maximum absolute atomic E-state index is 13.7. The number of hydrogen-bond donors (Lipinski definition) is 0. The van der Waals surface area contributed by atoms with E-state index in [1.54, 1.807) is 23.8 Å². The summed E-state index contributed by atoms with van der Waals surface area (Å²) >= 11 is 0. The first kappa shape index (κ1) is 19.4. The summed E-state index contributed by atoms with van der Waals surface area (Å²) < 4.78 is 42.7. The van der Waals surface area contributed by atoms with Crippen LogP contribution >= 0.6 is 7.92 Å². The van der Waals surface area contributed by atoms with Crippen LogP contribution in [0.2, 0.25) is 0 Å². The second-order valence-electron chi connectivity index (χ2n) is 6.57. The van der Waals surface area contributed by atoms with Gasteiger partial charge in [-0.1, -0.05) is 72.8 Å². The van der Waals surface area contributed by atoms with E-state index in [2.05, 4.69) is 4.98 Å². The van der Waals surface area contributed by atoms with Crippen molar-refractivity contribution in [2.75, 3.05) is 0 Å². The van der Waals surface area contributed by atoms with Gasteiger partial charge in [0, 0.05) is 14.1 Å². The van der Waals surface area contributed by atoms with Gasteiger partial charge in [0.15, 0.2) is 0 Å². The average Bonchev–Trinajstić information content (AvgIpc) is 3.10. The van der Waals surface area contributed by atoms with Gasteiger partial charge in [-0.25, -0.2) is 4.98 Å². The third-order valence-electron chi connectivity index (χ3n) is 4.51. The van der Waals surface area contributed by atoms with E-state index >= 15 is 0 Å². The molecule has 4 rings (SSSR count). The average molecular weight is 410 g/mol. The van der Waals surface area contributed by atoms with Crippen LogP contribution in [0.1, 0.15) is 11.3 Å². The summed E-state index contributed by atoms with van der Waals surface area (Å²) in [6.45, 7) is 1.81. The molecule has 0 radical (unpaired) electrons. The molecule has 29 heavy (non-hydrogen) atoms. The molecule has 0 spiro atoms. The molecule has 2 nitrogen and oxygen atoms in total. The largest absolute Gasteiger partial charge is 0.418 e. The van der Waals surface area contributed by atoms with E-state index in [0.29, 0.717) is 11.3 Å². The van der Waals surface area contributed by atoms with Gasteiger partial charge in [0.1, 0.15) is 5.57 Å². The van der Waals surface area contributed by atoms with Crippen LogP contribution in [0.5, 0.6) is 0 Å². The standard InChI is InChI=1S/C23H18F3N2P/c1-17-16-28(21-15-9-8-14-20(21)23(24,25)26)22(27-17)29(18-10-4-2-5-11-18)19-12-6-3-7-13-19/h2-16H,1H3. The molecule has 0 saturated carbocycles. The highest BCUT2D eigenvalue weighted by molar-refractivity contribution is 7.79. The van der Waals surface area contributed by atoms with E-state index < -0.39 is 19.7 Å². The van der Waals surface area contributed by atoms with Gasteiger partial charge < -0.3 is 0 Å². The van der Waals surface area contributed by atoms with Crippen molar-refractivity contribution in [1.82, 2.24) is 9.55 Å². The lowest BCUT2D eigenvalue weighted by atomic mass is 10.1. The number of benzene rings is 3. The molecule has 0 aliphatic heterocycles. The first-order valence-electron chi connectivity index (χ1n) is 9.08. The van der Waals surface area contributed by atoms with Crippen molar-refractivity contribution < 1.29 is 13.2 Å². The lowest BCUT2D eigenvalue weighted by Gasteiger charge is -2.21. The monoisotopic (exact) mass is 410 g/mol. The van der Waals surface area contributed by atoms with Gasteiger partial charge in [0.2, 0.25) is 0 Å². The predicted octanol–water partition coefficient (Wildman–Crippen LogP) is 4.96. The van der Waals surface area contributed by atoms with E-state index in [1.165, 1.54) is 12.1 Å². The Morgan fingerprint density at radius 1 is 0.759 bits per heavy atom. The predicted molar refractivity (Wildman–Crippen MR) is 112 cm³/mol. The minimum absolute atomic E-state index is 0.0926.